The van der Waals surface area contributed by atoms with Crippen molar-refractivity contribution in [2.75, 3.05) is 23.9 Å². The van der Waals surface area contributed by atoms with Crippen LogP contribution in [0.3, 0.4) is 0 Å². The van der Waals surface area contributed by atoms with Crippen LogP contribution < -0.4 is 14.4 Å². The minimum atomic E-state index is -3.93. The molecule has 8 heteroatoms. The van der Waals surface area contributed by atoms with Crippen molar-refractivity contribution >= 4 is 21.6 Å². The summed E-state index contributed by atoms with van der Waals surface area (Å²) in [5.41, 5.74) is 3.50. The highest BCUT2D eigenvalue weighted by atomic mass is 32.2. The van der Waals surface area contributed by atoms with Gasteiger partial charge in [0, 0.05) is 13.1 Å². The highest BCUT2D eigenvalue weighted by molar-refractivity contribution is 7.92. The summed E-state index contributed by atoms with van der Waals surface area (Å²) < 4.78 is 35.1. The number of rotatable bonds is 7. The minimum absolute atomic E-state index is 0.112. The average molecular weight is 562 g/mol. The molecular formula is C32H39N3O4S. The third kappa shape index (κ3) is 6.18. The molecule has 1 atom stereocenters. The summed E-state index contributed by atoms with van der Waals surface area (Å²) in [6.07, 6.45) is 2.74. The Balaban J connectivity index is 1.38. The van der Waals surface area contributed by atoms with Gasteiger partial charge in [0.2, 0.25) is 0 Å². The van der Waals surface area contributed by atoms with Crippen molar-refractivity contribution in [2.45, 2.75) is 69.5 Å². The number of sulfonamides is 1. The lowest BCUT2D eigenvalue weighted by Gasteiger charge is -2.36. The molecule has 0 aromatic heterocycles. The van der Waals surface area contributed by atoms with Crippen LogP contribution in [0.1, 0.15) is 56.7 Å². The van der Waals surface area contributed by atoms with E-state index in [1.54, 1.807) is 36.4 Å². The maximum atomic E-state index is 13.8. The minimum Gasteiger partial charge on any atom is -0.476 e. The van der Waals surface area contributed by atoms with Crippen molar-refractivity contribution in [2.24, 2.45) is 0 Å². The summed E-state index contributed by atoms with van der Waals surface area (Å²) in [4.78, 5) is 16.1. The second kappa shape index (κ2) is 11.6. The van der Waals surface area contributed by atoms with Crippen molar-refractivity contribution in [1.82, 2.24) is 10.2 Å². The van der Waals surface area contributed by atoms with E-state index in [0.29, 0.717) is 18.0 Å². The Kier molecular flexibility index (Phi) is 8.19. The Bertz CT molecular complexity index is 1440. The number of nitrogens with zero attached hydrogens (tertiary/aromatic N) is 2. The van der Waals surface area contributed by atoms with Crippen LogP contribution in [-0.4, -0.2) is 45.0 Å². The van der Waals surface area contributed by atoms with Gasteiger partial charge in [-0.1, -0.05) is 75.7 Å². The molecule has 0 bridgehead atoms. The van der Waals surface area contributed by atoms with E-state index in [-0.39, 0.29) is 22.8 Å². The van der Waals surface area contributed by atoms with Gasteiger partial charge in [0.1, 0.15) is 5.75 Å². The molecule has 5 rings (SSSR count). The van der Waals surface area contributed by atoms with Crippen LogP contribution in [0.5, 0.6) is 5.75 Å². The topological polar surface area (TPSA) is 79.0 Å². The zero-order valence-corrected chi connectivity index (χ0v) is 24.4. The van der Waals surface area contributed by atoms with Crippen LogP contribution in [0.25, 0.3) is 0 Å². The third-order valence-electron chi connectivity index (χ3n) is 7.73. The molecule has 1 fully saturated rings. The molecule has 7 nitrogen and oxygen atoms in total. The quantitative estimate of drug-likeness (QED) is 0.427. The summed E-state index contributed by atoms with van der Waals surface area (Å²) in [5, 5.41) is 3.02. The SMILES string of the molecule is CC(C)(C)c1ccc2c(c1)N(S(=O)(=O)c1ccccc1)C[C@H](C(=O)NCc1ccccc1CN1CCCCC1)O2. The number of nitrogens with one attached hydrogen (secondary N) is 1. The zero-order valence-electron chi connectivity index (χ0n) is 23.6. The molecule has 0 unspecified atom stereocenters. The van der Waals surface area contributed by atoms with Crippen LogP contribution in [-0.2, 0) is 33.3 Å². The first kappa shape index (κ1) is 28.2. The number of hydrogen-bond acceptors (Lipinski definition) is 5. The van der Waals surface area contributed by atoms with E-state index in [4.69, 9.17) is 4.74 Å². The molecule has 2 heterocycles. The van der Waals surface area contributed by atoms with Crippen LogP contribution in [0.4, 0.5) is 5.69 Å². The van der Waals surface area contributed by atoms with Gasteiger partial charge in [0.15, 0.2) is 6.10 Å². The predicted molar refractivity (Wildman–Crippen MR) is 158 cm³/mol. The number of amides is 1. The molecule has 0 spiro atoms. The number of fused-ring (bicyclic) bond motifs is 1. The number of carbonyl (C=O) groups excluding carboxylic acids is 1. The molecule has 3 aromatic rings. The first-order valence-electron chi connectivity index (χ1n) is 14.1. The molecule has 3 aromatic carbocycles. The van der Waals surface area contributed by atoms with E-state index in [1.165, 1.54) is 29.1 Å². The third-order valence-corrected chi connectivity index (χ3v) is 9.53. The van der Waals surface area contributed by atoms with E-state index < -0.39 is 16.1 Å². The molecule has 0 radical (unpaired) electrons. The second-order valence-corrected chi connectivity index (χ2v) is 13.6. The summed E-state index contributed by atoms with van der Waals surface area (Å²) in [6.45, 7) is 9.52. The summed E-state index contributed by atoms with van der Waals surface area (Å²) in [6, 6.07) is 22.1. The van der Waals surface area contributed by atoms with Crippen LogP contribution in [0, 0.1) is 0 Å². The van der Waals surface area contributed by atoms with Crippen molar-refractivity contribution in [3.05, 3.63) is 89.5 Å². The normalized spacial score (nSPS) is 18.1. The number of anilines is 1. The number of ether oxygens (including phenoxy) is 1. The predicted octanol–water partition coefficient (Wildman–Crippen LogP) is 5.24. The number of piperidine rings is 1. The standard InChI is InChI=1S/C32H39N3O4S/c1-32(2,3)26-16-17-29-28(20-26)35(40(37,38)27-14-6-4-7-15-27)23-30(39-29)31(36)33-21-24-12-8-9-13-25(24)22-34-18-10-5-11-19-34/h4,6-9,12-17,20,30H,5,10-11,18-19,21-23H2,1-3H3,(H,33,36)/t30-/m1/s1. The van der Waals surface area contributed by atoms with E-state index in [2.05, 4.69) is 37.1 Å². The summed E-state index contributed by atoms with van der Waals surface area (Å²) >= 11 is 0. The van der Waals surface area contributed by atoms with Crippen LogP contribution in [0.2, 0.25) is 0 Å². The molecule has 40 heavy (non-hydrogen) atoms. The molecule has 0 aliphatic carbocycles. The molecular weight excluding hydrogens is 522 g/mol. The monoisotopic (exact) mass is 561 g/mol. The first-order valence-corrected chi connectivity index (χ1v) is 15.5. The van der Waals surface area contributed by atoms with Gasteiger partial charge >= 0.3 is 0 Å². The zero-order chi connectivity index (χ0) is 28.3. The Labute approximate surface area is 238 Å². The lowest BCUT2D eigenvalue weighted by Crippen LogP contribution is -2.50. The van der Waals surface area contributed by atoms with E-state index in [0.717, 1.165) is 30.8 Å². The van der Waals surface area contributed by atoms with Gasteiger partial charge < -0.3 is 10.1 Å². The number of benzene rings is 3. The van der Waals surface area contributed by atoms with Crippen molar-refractivity contribution in [3.63, 3.8) is 0 Å². The van der Waals surface area contributed by atoms with Crippen LogP contribution >= 0.6 is 0 Å². The fourth-order valence-electron chi connectivity index (χ4n) is 5.34. The molecule has 0 saturated carbocycles. The highest BCUT2D eigenvalue weighted by Gasteiger charge is 2.38. The van der Waals surface area contributed by atoms with Gasteiger partial charge in [-0.3, -0.25) is 14.0 Å². The average Bonchev–Trinajstić information content (AvgIpc) is 2.96. The largest absolute Gasteiger partial charge is 0.476 e. The van der Waals surface area contributed by atoms with Gasteiger partial charge in [0.25, 0.3) is 15.9 Å². The number of hydrogen-bond donors (Lipinski definition) is 1. The van der Waals surface area contributed by atoms with Crippen molar-refractivity contribution in [3.8, 4) is 5.75 Å². The molecule has 1 amide bonds. The Morgan fingerprint density at radius 1 is 0.925 bits per heavy atom. The Morgan fingerprint density at radius 3 is 2.30 bits per heavy atom. The summed E-state index contributed by atoms with van der Waals surface area (Å²) in [5.74, 6) is 0.0380. The van der Waals surface area contributed by atoms with E-state index >= 15 is 0 Å². The van der Waals surface area contributed by atoms with Gasteiger partial charge in [-0.05, 0) is 72.3 Å². The fraction of sp³-hybridized carbons (Fsp3) is 0.406. The molecule has 1 N–H and O–H groups in total. The van der Waals surface area contributed by atoms with E-state index in [9.17, 15) is 13.2 Å². The van der Waals surface area contributed by atoms with Crippen LogP contribution in [0.15, 0.2) is 77.7 Å². The van der Waals surface area contributed by atoms with Gasteiger partial charge in [-0.2, -0.15) is 0 Å². The maximum absolute atomic E-state index is 13.8. The Hall–Kier alpha value is -3.36. The molecule has 1 saturated heterocycles. The molecule has 2 aliphatic heterocycles. The van der Waals surface area contributed by atoms with Crippen molar-refractivity contribution in [1.29, 1.82) is 0 Å². The van der Waals surface area contributed by atoms with Gasteiger partial charge in [0.05, 0.1) is 17.1 Å². The molecule has 2 aliphatic rings. The fourth-order valence-corrected chi connectivity index (χ4v) is 6.83. The van der Waals surface area contributed by atoms with Gasteiger partial charge in [-0.15, -0.1) is 0 Å². The number of likely N-dealkylation sites (tertiary alicyclic amines) is 1. The maximum Gasteiger partial charge on any atom is 0.264 e. The first-order chi connectivity index (χ1) is 19.1. The van der Waals surface area contributed by atoms with Crippen molar-refractivity contribution < 1.29 is 17.9 Å². The Morgan fingerprint density at radius 2 is 1.60 bits per heavy atom. The van der Waals surface area contributed by atoms with E-state index in [1.807, 2.05) is 30.3 Å². The smallest absolute Gasteiger partial charge is 0.264 e. The lowest BCUT2D eigenvalue weighted by atomic mass is 9.86. The number of carbonyl (C=O) groups is 1. The second-order valence-electron chi connectivity index (χ2n) is 11.7. The molecule has 212 valence electrons. The summed E-state index contributed by atoms with van der Waals surface area (Å²) in [7, 11) is -3.93. The lowest BCUT2D eigenvalue weighted by molar-refractivity contribution is -0.127. The highest BCUT2D eigenvalue weighted by Crippen LogP contribution is 2.40. The van der Waals surface area contributed by atoms with Gasteiger partial charge in [-0.25, -0.2) is 8.42 Å².